The van der Waals surface area contributed by atoms with Crippen molar-refractivity contribution in [2.24, 2.45) is 0 Å². The van der Waals surface area contributed by atoms with E-state index in [1.165, 1.54) is 4.88 Å². The van der Waals surface area contributed by atoms with Crippen molar-refractivity contribution in [2.45, 2.75) is 33.4 Å². The van der Waals surface area contributed by atoms with E-state index in [0.29, 0.717) is 18.7 Å². The van der Waals surface area contributed by atoms with Crippen molar-refractivity contribution in [1.82, 2.24) is 9.47 Å². The van der Waals surface area contributed by atoms with Gasteiger partial charge in [0.1, 0.15) is 0 Å². The smallest absolute Gasteiger partial charge is 0.340 e. The summed E-state index contributed by atoms with van der Waals surface area (Å²) in [7, 11) is 0. The molecule has 2 aromatic heterocycles. The molecule has 0 radical (unpaired) electrons. The zero-order valence-electron chi connectivity index (χ0n) is 18.8. The Hall–Kier alpha value is -3.06. The van der Waals surface area contributed by atoms with Crippen LogP contribution in [0.25, 0.3) is 0 Å². The second-order valence-corrected chi connectivity index (χ2v) is 9.18. The molecular formula is C25H29N3O3S. The molecule has 1 unspecified atom stereocenters. The largest absolute Gasteiger partial charge is 0.449 e. The summed E-state index contributed by atoms with van der Waals surface area (Å²) < 4.78 is 7.70. The third kappa shape index (κ3) is 4.72. The molecular weight excluding hydrogens is 422 g/mol. The maximum Gasteiger partial charge on any atom is 0.340 e. The summed E-state index contributed by atoms with van der Waals surface area (Å²) >= 11 is 1.69. The van der Waals surface area contributed by atoms with Crippen LogP contribution in [0.15, 0.2) is 53.9 Å². The number of carbonyl (C=O) groups excluding carboxylic acids is 2. The predicted octanol–water partition coefficient (Wildman–Crippen LogP) is 4.11. The number of carbonyl (C=O) groups is 2. The number of para-hydroxylation sites is 1. The van der Waals surface area contributed by atoms with Crippen molar-refractivity contribution in [3.63, 3.8) is 0 Å². The fourth-order valence-corrected chi connectivity index (χ4v) is 4.86. The van der Waals surface area contributed by atoms with Gasteiger partial charge in [0, 0.05) is 48.1 Å². The number of nitrogens with zero attached hydrogens (tertiary/aromatic N) is 3. The topological polar surface area (TPSA) is 54.8 Å². The molecule has 0 spiro atoms. The highest BCUT2D eigenvalue weighted by Gasteiger charge is 2.28. The van der Waals surface area contributed by atoms with Crippen LogP contribution in [-0.4, -0.2) is 53.6 Å². The Labute approximate surface area is 193 Å². The second kappa shape index (κ2) is 9.61. The maximum absolute atomic E-state index is 12.9. The van der Waals surface area contributed by atoms with Gasteiger partial charge in [0.25, 0.3) is 5.91 Å². The summed E-state index contributed by atoms with van der Waals surface area (Å²) in [6.45, 7) is 9.05. The number of hydrogen-bond acceptors (Lipinski definition) is 5. The minimum Gasteiger partial charge on any atom is -0.449 e. The van der Waals surface area contributed by atoms with Crippen LogP contribution < -0.4 is 4.90 Å². The second-order valence-electron chi connectivity index (χ2n) is 8.15. The number of anilines is 1. The summed E-state index contributed by atoms with van der Waals surface area (Å²) in [4.78, 5) is 31.0. The molecule has 1 aliphatic rings. The van der Waals surface area contributed by atoms with E-state index in [9.17, 15) is 9.59 Å². The van der Waals surface area contributed by atoms with Crippen LogP contribution in [-0.2, 0) is 16.1 Å². The summed E-state index contributed by atoms with van der Waals surface area (Å²) in [6.07, 6.45) is -0.814. The lowest BCUT2D eigenvalue weighted by molar-refractivity contribution is -0.140. The number of rotatable bonds is 6. The number of benzene rings is 1. The summed E-state index contributed by atoms with van der Waals surface area (Å²) in [6, 6.07) is 16.2. The molecule has 1 amide bonds. The average molecular weight is 452 g/mol. The Balaban J connectivity index is 1.35. The van der Waals surface area contributed by atoms with Crippen molar-refractivity contribution in [1.29, 1.82) is 0 Å². The van der Waals surface area contributed by atoms with Crippen molar-refractivity contribution < 1.29 is 14.3 Å². The molecule has 0 bridgehead atoms. The first kappa shape index (κ1) is 22.1. The van der Waals surface area contributed by atoms with Gasteiger partial charge >= 0.3 is 5.97 Å². The summed E-state index contributed by atoms with van der Waals surface area (Å²) in [5.41, 5.74) is 3.54. The van der Waals surface area contributed by atoms with Gasteiger partial charge in [0.15, 0.2) is 6.10 Å². The van der Waals surface area contributed by atoms with Crippen LogP contribution in [0.4, 0.5) is 5.69 Å². The molecule has 1 aliphatic heterocycles. The van der Waals surface area contributed by atoms with Crippen LogP contribution in [0, 0.1) is 13.8 Å². The van der Waals surface area contributed by atoms with E-state index in [0.717, 1.165) is 36.7 Å². The standard InChI is InChI=1S/C25H29N3O3S/c1-18-16-23(19(2)28(18)17-22-10-7-15-32-22)25(30)31-20(3)24(29)27-13-11-26(12-14-27)21-8-5-4-6-9-21/h4-10,15-16,20H,11-14,17H2,1-3H3. The zero-order valence-corrected chi connectivity index (χ0v) is 19.6. The van der Waals surface area contributed by atoms with Gasteiger partial charge in [-0.05, 0) is 50.4 Å². The maximum atomic E-state index is 12.9. The van der Waals surface area contributed by atoms with Crippen molar-refractivity contribution in [3.05, 3.63) is 75.7 Å². The molecule has 6 nitrogen and oxygen atoms in total. The Bertz CT molecular complexity index is 1070. The van der Waals surface area contributed by atoms with E-state index in [1.54, 1.807) is 23.2 Å². The number of aryl methyl sites for hydroxylation is 1. The van der Waals surface area contributed by atoms with Gasteiger partial charge in [-0.2, -0.15) is 0 Å². The van der Waals surface area contributed by atoms with E-state index in [1.807, 2.05) is 49.6 Å². The van der Waals surface area contributed by atoms with E-state index in [4.69, 9.17) is 4.74 Å². The van der Waals surface area contributed by atoms with Gasteiger partial charge in [0.05, 0.1) is 12.1 Å². The molecule has 32 heavy (non-hydrogen) atoms. The molecule has 1 atom stereocenters. The van der Waals surface area contributed by atoms with Crippen LogP contribution in [0.2, 0.25) is 0 Å². The van der Waals surface area contributed by atoms with Crippen molar-refractivity contribution >= 4 is 28.9 Å². The zero-order chi connectivity index (χ0) is 22.7. The van der Waals surface area contributed by atoms with Gasteiger partial charge in [-0.25, -0.2) is 4.79 Å². The number of amides is 1. The molecule has 3 aromatic rings. The van der Waals surface area contributed by atoms with Gasteiger partial charge in [-0.15, -0.1) is 11.3 Å². The highest BCUT2D eigenvalue weighted by atomic mass is 32.1. The number of aromatic nitrogens is 1. The molecule has 1 saturated heterocycles. The summed E-state index contributed by atoms with van der Waals surface area (Å²) in [5, 5.41) is 2.05. The average Bonchev–Trinajstić information content (AvgIpc) is 3.43. The third-order valence-electron chi connectivity index (χ3n) is 6.03. The number of ether oxygens (including phenoxy) is 1. The lowest BCUT2D eigenvalue weighted by Gasteiger charge is -2.37. The minimum absolute atomic E-state index is 0.140. The minimum atomic E-state index is -0.814. The first-order chi connectivity index (χ1) is 15.4. The normalized spacial score (nSPS) is 15.0. The lowest BCUT2D eigenvalue weighted by atomic mass is 10.2. The fraction of sp³-hybridized carbons (Fsp3) is 0.360. The lowest BCUT2D eigenvalue weighted by Crippen LogP contribution is -2.51. The Morgan fingerprint density at radius 3 is 2.41 bits per heavy atom. The molecule has 0 saturated carbocycles. The van der Waals surface area contributed by atoms with Crippen molar-refractivity contribution in [2.75, 3.05) is 31.1 Å². The first-order valence-corrected chi connectivity index (χ1v) is 11.8. The Morgan fingerprint density at radius 2 is 1.75 bits per heavy atom. The number of thiophene rings is 1. The van der Waals surface area contributed by atoms with E-state index < -0.39 is 12.1 Å². The Kier molecular flexibility index (Phi) is 6.65. The number of piperazine rings is 1. The van der Waals surface area contributed by atoms with Crippen molar-refractivity contribution in [3.8, 4) is 0 Å². The summed E-state index contributed by atoms with van der Waals surface area (Å²) in [5.74, 6) is -0.585. The van der Waals surface area contributed by atoms with E-state index >= 15 is 0 Å². The Morgan fingerprint density at radius 1 is 1.03 bits per heavy atom. The SMILES string of the molecule is Cc1cc(C(=O)OC(C)C(=O)N2CCN(c3ccccc3)CC2)c(C)n1Cc1cccs1. The van der Waals surface area contributed by atoms with Crippen LogP contribution in [0.5, 0.6) is 0 Å². The van der Waals surface area contributed by atoms with E-state index in [2.05, 4.69) is 27.7 Å². The molecule has 1 fully saturated rings. The molecule has 0 aliphatic carbocycles. The first-order valence-electron chi connectivity index (χ1n) is 10.9. The van der Waals surface area contributed by atoms with E-state index in [-0.39, 0.29) is 5.91 Å². The molecule has 7 heteroatoms. The molecule has 168 valence electrons. The van der Waals surface area contributed by atoms with Crippen LogP contribution in [0.1, 0.15) is 33.5 Å². The highest BCUT2D eigenvalue weighted by molar-refractivity contribution is 7.09. The highest BCUT2D eigenvalue weighted by Crippen LogP contribution is 2.21. The quantitative estimate of drug-likeness (QED) is 0.530. The van der Waals surface area contributed by atoms with Crippen LogP contribution >= 0.6 is 11.3 Å². The molecule has 3 heterocycles. The van der Waals surface area contributed by atoms with Gasteiger partial charge in [-0.1, -0.05) is 24.3 Å². The van der Waals surface area contributed by atoms with Gasteiger partial charge in [-0.3, -0.25) is 4.79 Å². The fourth-order valence-electron chi connectivity index (χ4n) is 4.16. The molecule has 1 aromatic carbocycles. The number of esters is 1. The van der Waals surface area contributed by atoms with Gasteiger partial charge < -0.3 is 19.1 Å². The van der Waals surface area contributed by atoms with Gasteiger partial charge in [0.2, 0.25) is 0 Å². The molecule has 0 N–H and O–H groups in total. The number of hydrogen-bond donors (Lipinski definition) is 0. The predicted molar refractivity (Wildman–Crippen MR) is 127 cm³/mol. The molecule has 4 rings (SSSR count). The monoisotopic (exact) mass is 451 g/mol. The van der Waals surface area contributed by atoms with Crippen LogP contribution in [0.3, 0.4) is 0 Å². The third-order valence-corrected chi connectivity index (χ3v) is 6.89.